The highest BCUT2D eigenvalue weighted by molar-refractivity contribution is 5.18. The Morgan fingerprint density at radius 2 is 1.94 bits per heavy atom. The molecule has 0 saturated heterocycles. The third kappa shape index (κ3) is 3.19. The van der Waals surface area contributed by atoms with Crippen LogP contribution in [0.2, 0.25) is 0 Å². The van der Waals surface area contributed by atoms with Crippen molar-refractivity contribution < 1.29 is 5.11 Å². The van der Waals surface area contributed by atoms with Crippen molar-refractivity contribution in [3.63, 3.8) is 0 Å². The predicted octanol–water partition coefficient (Wildman–Crippen LogP) is 2.23. The standard InChI is InChI=1S/C14H18N2O/c1-11(16-10-13-8-5-9-15-13)14(17)12-6-3-2-4-7-12/h2-9,11,14-17H,10H2,1H3/t11-,14+/m0/s1. The van der Waals surface area contributed by atoms with Gasteiger partial charge in [0, 0.05) is 24.5 Å². The van der Waals surface area contributed by atoms with Crippen LogP contribution in [0.3, 0.4) is 0 Å². The lowest BCUT2D eigenvalue weighted by atomic mass is 10.0. The van der Waals surface area contributed by atoms with Gasteiger partial charge in [-0.05, 0) is 24.6 Å². The fourth-order valence-electron chi connectivity index (χ4n) is 1.80. The summed E-state index contributed by atoms with van der Waals surface area (Å²) in [6, 6.07) is 13.7. The van der Waals surface area contributed by atoms with E-state index < -0.39 is 6.10 Å². The molecule has 3 heteroatoms. The fourth-order valence-corrected chi connectivity index (χ4v) is 1.80. The monoisotopic (exact) mass is 230 g/mol. The molecule has 3 N–H and O–H groups in total. The van der Waals surface area contributed by atoms with Gasteiger partial charge in [-0.3, -0.25) is 0 Å². The summed E-state index contributed by atoms with van der Waals surface area (Å²) in [5, 5.41) is 13.4. The van der Waals surface area contributed by atoms with E-state index in [9.17, 15) is 5.11 Å². The van der Waals surface area contributed by atoms with Crippen LogP contribution in [0.15, 0.2) is 48.7 Å². The normalized spacial score (nSPS) is 14.5. The third-order valence-electron chi connectivity index (χ3n) is 2.89. The van der Waals surface area contributed by atoms with E-state index in [1.54, 1.807) is 0 Å². The van der Waals surface area contributed by atoms with Gasteiger partial charge >= 0.3 is 0 Å². The van der Waals surface area contributed by atoms with Crippen LogP contribution < -0.4 is 5.32 Å². The van der Waals surface area contributed by atoms with Crippen molar-refractivity contribution in [3.8, 4) is 0 Å². The van der Waals surface area contributed by atoms with Crippen LogP contribution in [0.25, 0.3) is 0 Å². The van der Waals surface area contributed by atoms with Crippen molar-refractivity contribution >= 4 is 0 Å². The Bertz CT molecular complexity index is 425. The molecule has 2 rings (SSSR count). The van der Waals surface area contributed by atoms with Gasteiger partial charge in [-0.25, -0.2) is 0 Å². The molecule has 2 aromatic rings. The van der Waals surface area contributed by atoms with Crippen molar-refractivity contribution in [2.45, 2.75) is 25.6 Å². The van der Waals surface area contributed by atoms with Crippen molar-refractivity contribution in [1.29, 1.82) is 0 Å². The summed E-state index contributed by atoms with van der Waals surface area (Å²) in [5.41, 5.74) is 2.07. The van der Waals surface area contributed by atoms with E-state index in [1.165, 1.54) is 0 Å². The zero-order chi connectivity index (χ0) is 12.1. The van der Waals surface area contributed by atoms with Gasteiger partial charge in [-0.1, -0.05) is 30.3 Å². The van der Waals surface area contributed by atoms with Gasteiger partial charge < -0.3 is 15.4 Å². The summed E-state index contributed by atoms with van der Waals surface area (Å²) in [4.78, 5) is 3.13. The number of aliphatic hydroxyl groups is 1. The summed E-state index contributed by atoms with van der Waals surface area (Å²) >= 11 is 0. The van der Waals surface area contributed by atoms with Crippen molar-refractivity contribution in [1.82, 2.24) is 10.3 Å². The van der Waals surface area contributed by atoms with Crippen LogP contribution >= 0.6 is 0 Å². The van der Waals surface area contributed by atoms with Crippen LogP contribution in [-0.4, -0.2) is 16.1 Å². The molecule has 0 saturated carbocycles. The molecule has 0 unspecified atom stereocenters. The molecular weight excluding hydrogens is 212 g/mol. The van der Waals surface area contributed by atoms with Crippen LogP contribution in [0.5, 0.6) is 0 Å². The number of aromatic amines is 1. The lowest BCUT2D eigenvalue weighted by Gasteiger charge is -2.20. The lowest BCUT2D eigenvalue weighted by molar-refractivity contribution is 0.135. The molecule has 0 aliphatic heterocycles. The molecular formula is C14H18N2O. The van der Waals surface area contributed by atoms with Gasteiger partial charge in [0.15, 0.2) is 0 Å². The van der Waals surface area contributed by atoms with Crippen LogP contribution in [0.1, 0.15) is 24.3 Å². The van der Waals surface area contributed by atoms with Gasteiger partial charge in [0.2, 0.25) is 0 Å². The average Bonchev–Trinajstić information content (AvgIpc) is 2.89. The second-order valence-corrected chi connectivity index (χ2v) is 4.22. The number of benzene rings is 1. The molecule has 0 bridgehead atoms. The molecule has 0 aliphatic rings. The Balaban J connectivity index is 1.89. The first-order valence-corrected chi connectivity index (χ1v) is 5.86. The quantitative estimate of drug-likeness (QED) is 0.737. The molecule has 0 fully saturated rings. The SMILES string of the molecule is C[C@H](NCc1ccc[nH]1)[C@@H](O)c1ccccc1. The Morgan fingerprint density at radius 3 is 2.59 bits per heavy atom. The van der Waals surface area contributed by atoms with Crippen molar-refractivity contribution in [2.75, 3.05) is 0 Å². The predicted molar refractivity (Wildman–Crippen MR) is 68.5 cm³/mol. The number of hydrogen-bond acceptors (Lipinski definition) is 2. The molecule has 3 nitrogen and oxygen atoms in total. The van der Waals surface area contributed by atoms with E-state index in [0.29, 0.717) is 0 Å². The summed E-state index contributed by atoms with van der Waals surface area (Å²) in [6.07, 6.45) is 1.42. The second-order valence-electron chi connectivity index (χ2n) is 4.22. The Hall–Kier alpha value is -1.58. The minimum Gasteiger partial charge on any atom is -0.387 e. The van der Waals surface area contributed by atoms with Gasteiger partial charge in [0.05, 0.1) is 6.10 Å². The maximum absolute atomic E-state index is 10.1. The van der Waals surface area contributed by atoms with Gasteiger partial charge in [-0.2, -0.15) is 0 Å². The molecule has 0 aliphatic carbocycles. The number of aliphatic hydroxyl groups excluding tert-OH is 1. The highest BCUT2D eigenvalue weighted by Gasteiger charge is 2.15. The first-order valence-electron chi connectivity index (χ1n) is 5.86. The average molecular weight is 230 g/mol. The molecule has 0 amide bonds. The third-order valence-corrected chi connectivity index (χ3v) is 2.89. The number of aromatic nitrogens is 1. The van der Waals surface area contributed by atoms with Crippen molar-refractivity contribution in [3.05, 3.63) is 59.9 Å². The molecule has 1 heterocycles. The highest BCUT2D eigenvalue weighted by atomic mass is 16.3. The maximum atomic E-state index is 10.1. The van der Waals surface area contributed by atoms with Crippen LogP contribution in [0.4, 0.5) is 0 Å². The number of H-pyrrole nitrogens is 1. The molecule has 17 heavy (non-hydrogen) atoms. The summed E-state index contributed by atoms with van der Waals surface area (Å²) in [6.45, 7) is 2.72. The van der Waals surface area contributed by atoms with Gasteiger partial charge in [-0.15, -0.1) is 0 Å². The molecule has 0 spiro atoms. The van der Waals surface area contributed by atoms with E-state index >= 15 is 0 Å². The maximum Gasteiger partial charge on any atom is 0.0940 e. The zero-order valence-corrected chi connectivity index (χ0v) is 9.93. The number of nitrogens with one attached hydrogen (secondary N) is 2. The summed E-state index contributed by atoms with van der Waals surface area (Å²) < 4.78 is 0. The summed E-state index contributed by atoms with van der Waals surface area (Å²) in [5.74, 6) is 0. The number of rotatable bonds is 5. The summed E-state index contributed by atoms with van der Waals surface area (Å²) in [7, 11) is 0. The lowest BCUT2D eigenvalue weighted by Crippen LogP contribution is -2.31. The fraction of sp³-hybridized carbons (Fsp3) is 0.286. The molecule has 2 atom stereocenters. The molecule has 90 valence electrons. The van der Waals surface area contributed by atoms with E-state index in [-0.39, 0.29) is 6.04 Å². The highest BCUT2D eigenvalue weighted by Crippen LogP contribution is 2.16. The van der Waals surface area contributed by atoms with E-state index in [2.05, 4.69) is 10.3 Å². The van der Waals surface area contributed by atoms with Crippen LogP contribution in [0, 0.1) is 0 Å². The minimum atomic E-state index is -0.480. The van der Waals surface area contributed by atoms with Gasteiger partial charge in [0.1, 0.15) is 0 Å². The van der Waals surface area contributed by atoms with E-state index in [0.717, 1.165) is 17.8 Å². The molecule has 1 aromatic heterocycles. The van der Waals surface area contributed by atoms with Gasteiger partial charge in [0.25, 0.3) is 0 Å². The smallest absolute Gasteiger partial charge is 0.0940 e. The van der Waals surface area contributed by atoms with E-state index in [4.69, 9.17) is 0 Å². The topological polar surface area (TPSA) is 48.0 Å². The molecule has 1 aromatic carbocycles. The Kier molecular flexibility index (Phi) is 3.96. The first kappa shape index (κ1) is 11.9. The van der Waals surface area contributed by atoms with Crippen molar-refractivity contribution in [2.24, 2.45) is 0 Å². The minimum absolute atomic E-state index is 0.0145. The Labute approximate surface area is 102 Å². The Morgan fingerprint density at radius 1 is 1.18 bits per heavy atom. The number of hydrogen-bond donors (Lipinski definition) is 3. The second kappa shape index (κ2) is 5.66. The largest absolute Gasteiger partial charge is 0.387 e. The molecule has 0 radical (unpaired) electrons. The first-order chi connectivity index (χ1) is 8.27. The van der Waals surface area contributed by atoms with E-state index in [1.807, 2.05) is 55.6 Å². The zero-order valence-electron chi connectivity index (χ0n) is 9.93. The van der Waals surface area contributed by atoms with Crippen LogP contribution in [-0.2, 0) is 6.54 Å².